The van der Waals surface area contributed by atoms with Gasteiger partial charge in [0.2, 0.25) is 0 Å². The van der Waals surface area contributed by atoms with Crippen molar-refractivity contribution in [2.75, 3.05) is 0 Å². The van der Waals surface area contributed by atoms with Gasteiger partial charge in [-0.05, 0) is 81.5 Å². The highest BCUT2D eigenvalue weighted by Crippen LogP contribution is 2.46. The van der Waals surface area contributed by atoms with Gasteiger partial charge in [-0.2, -0.15) is 0 Å². The molecule has 0 heterocycles. The summed E-state index contributed by atoms with van der Waals surface area (Å²) in [5.74, 6) is 4.28. The van der Waals surface area contributed by atoms with Crippen LogP contribution in [0.2, 0.25) is 0 Å². The fourth-order valence-corrected chi connectivity index (χ4v) is 6.35. The number of alkyl halides is 2. The topological polar surface area (TPSA) is 0 Å². The molecule has 3 aliphatic carbocycles. The second-order valence-corrected chi connectivity index (χ2v) is 10.4. The van der Waals surface area contributed by atoms with Crippen LogP contribution in [0.4, 0.5) is 0 Å². The molecule has 0 aromatic rings. The summed E-state index contributed by atoms with van der Waals surface area (Å²) in [4.78, 5) is 1.66. The maximum Gasteiger partial charge on any atom is 0.0148 e. The number of rotatable bonds is 3. The molecule has 3 saturated carbocycles. The molecule has 116 valence electrons. The van der Waals surface area contributed by atoms with Crippen molar-refractivity contribution in [1.29, 1.82) is 0 Å². The third kappa shape index (κ3) is 4.24. The molecule has 3 rings (SSSR count). The van der Waals surface area contributed by atoms with Crippen molar-refractivity contribution >= 4 is 31.9 Å². The number of halogens is 2. The maximum absolute atomic E-state index is 3.85. The Morgan fingerprint density at radius 3 is 1.90 bits per heavy atom. The first-order valence-corrected chi connectivity index (χ1v) is 10.8. The molecular formula is C18H30Br2. The average molecular weight is 406 g/mol. The van der Waals surface area contributed by atoms with Gasteiger partial charge in [-0.1, -0.05) is 51.1 Å². The van der Waals surface area contributed by atoms with Gasteiger partial charge in [0.1, 0.15) is 0 Å². The molecule has 0 radical (unpaired) electrons. The highest BCUT2D eigenvalue weighted by Gasteiger charge is 2.34. The molecule has 4 atom stereocenters. The first-order chi connectivity index (χ1) is 9.70. The van der Waals surface area contributed by atoms with E-state index in [4.69, 9.17) is 0 Å². The van der Waals surface area contributed by atoms with Crippen LogP contribution in [-0.4, -0.2) is 9.65 Å². The van der Waals surface area contributed by atoms with Crippen LogP contribution >= 0.6 is 31.9 Å². The summed E-state index contributed by atoms with van der Waals surface area (Å²) in [6.07, 6.45) is 17.9. The monoisotopic (exact) mass is 404 g/mol. The van der Waals surface area contributed by atoms with E-state index in [9.17, 15) is 0 Å². The molecule has 3 fully saturated rings. The molecule has 0 nitrogen and oxygen atoms in total. The number of hydrogen-bond acceptors (Lipinski definition) is 0. The van der Waals surface area contributed by atoms with Crippen molar-refractivity contribution in [2.24, 2.45) is 23.7 Å². The van der Waals surface area contributed by atoms with Crippen molar-refractivity contribution in [3.63, 3.8) is 0 Å². The van der Waals surface area contributed by atoms with E-state index >= 15 is 0 Å². The summed E-state index contributed by atoms with van der Waals surface area (Å²) in [7, 11) is 0. The minimum atomic E-state index is 0.827. The van der Waals surface area contributed by atoms with Gasteiger partial charge in [-0.15, -0.1) is 0 Å². The van der Waals surface area contributed by atoms with Gasteiger partial charge in [0.15, 0.2) is 0 Å². The van der Waals surface area contributed by atoms with Crippen molar-refractivity contribution in [2.45, 2.75) is 86.7 Å². The molecule has 0 aromatic heterocycles. The average Bonchev–Trinajstić information content (AvgIpc) is 2.46. The molecule has 20 heavy (non-hydrogen) atoms. The molecule has 0 aliphatic heterocycles. The lowest BCUT2D eigenvalue weighted by Gasteiger charge is -2.41. The first-order valence-electron chi connectivity index (χ1n) is 8.99. The van der Waals surface area contributed by atoms with Gasteiger partial charge in [0, 0.05) is 9.65 Å². The summed E-state index contributed by atoms with van der Waals surface area (Å²) in [5, 5.41) is 0. The van der Waals surface area contributed by atoms with Crippen LogP contribution < -0.4 is 0 Å². The third-order valence-corrected chi connectivity index (χ3v) is 8.16. The predicted octanol–water partition coefficient (Wildman–Crippen LogP) is 6.70. The zero-order valence-electron chi connectivity index (χ0n) is 12.7. The molecule has 0 spiro atoms. The van der Waals surface area contributed by atoms with E-state index in [0.717, 1.165) is 33.3 Å². The Morgan fingerprint density at radius 2 is 1.10 bits per heavy atom. The molecule has 3 aliphatic rings. The van der Waals surface area contributed by atoms with Gasteiger partial charge in [0.25, 0.3) is 0 Å². The van der Waals surface area contributed by atoms with Crippen LogP contribution in [0.15, 0.2) is 0 Å². The molecular weight excluding hydrogens is 376 g/mol. The van der Waals surface area contributed by atoms with Crippen LogP contribution in [-0.2, 0) is 0 Å². The lowest BCUT2D eigenvalue weighted by atomic mass is 9.66. The van der Waals surface area contributed by atoms with E-state index in [1.807, 2.05) is 0 Å². The smallest absolute Gasteiger partial charge is 0.0148 e. The normalized spacial score (nSPS) is 45.9. The fraction of sp³-hybridized carbons (Fsp3) is 1.00. The van der Waals surface area contributed by atoms with E-state index in [2.05, 4.69) is 31.9 Å². The van der Waals surface area contributed by atoms with Gasteiger partial charge in [-0.3, -0.25) is 0 Å². The van der Waals surface area contributed by atoms with Crippen molar-refractivity contribution in [1.82, 2.24) is 0 Å². The molecule has 0 bridgehead atoms. The molecule has 0 N–H and O–H groups in total. The molecule has 4 unspecified atom stereocenters. The Hall–Kier alpha value is 0.960. The van der Waals surface area contributed by atoms with E-state index < -0.39 is 0 Å². The minimum absolute atomic E-state index is 0.827. The predicted molar refractivity (Wildman–Crippen MR) is 94.8 cm³/mol. The van der Waals surface area contributed by atoms with Crippen LogP contribution in [0.25, 0.3) is 0 Å². The highest BCUT2D eigenvalue weighted by molar-refractivity contribution is 9.09. The summed E-state index contributed by atoms with van der Waals surface area (Å²) in [6, 6.07) is 0. The van der Waals surface area contributed by atoms with Crippen LogP contribution in [0.1, 0.15) is 77.0 Å². The Bertz CT molecular complexity index is 296. The van der Waals surface area contributed by atoms with E-state index in [1.165, 1.54) is 64.2 Å². The third-order valence-electron chi connectivity index (χ3n) is 6.42. The molecule has 0 saturated heterocycles. The Morgan fingerprint density at radius 1 is 0.550 bits per heavy atom. The summed E-state index contributed by atoms with van der Waals surface area (Å²) < 4.78 is 0. The standard InChI is InChI=1S/C18H30Br2/c19-17-8-4-13(5-9-17)1-2-14-3-6-16-12-18(20)10-7-15(16)11-14/h13-18H,1-12H2. The van der Waals surface area contributed by atoms with Crippen molar-refractivity contribution in [3.8, 4) is 0 Å². The van der Waals surface area contributed by atoms with Gasteiger partial charge in [-0.25, -0.2) is 0 Å². The summed E-state index contributed by atoms with van der Waals surface area (Å²) in [5.41, 5.74) is 0. The molecule has 0 aromatic carbocycles. The zero-order chi connectivity index (χ0) is 13.9. The van der Waals surface area contributed by atoms with Crippen LogP contribution in [0, 0.1) is 23.7 Å². The highest BCUT2D eigenvalue weighted by atomic mass is 79.9. The lowest BCUT2D eigenvalue weighted by Crippen LogP contribution is -2.31. The van der Waals surface area contributed by atoms with Crippen molar-refractivity contribution < 1.29 is 0 Å². The Kier molecular flexibility index (Phi) is 5.93. The zero-order valence-corrected chi connectivity index (χ0v) is 15.9. The van der Waals surface area contributed by atoms with Crippen molar-refractivity contribution in [3.05, 3.63) is 0 Å². The minimum Gasteiger partial charge on any atom is -0.0891 e. The Balaban J connectivity index is 1.39. The quantitative estimate of drug-likeness (QED) is 0.458. The number of hydrogen-bond donors (Lipinski definition) is 0. The van der Waals surface area contributed by atoms with Gasteiger partial charge < -0.3 is 0 Å². The molecule has 2 heteroatoms. The summed E-state index contributed by atoms with van der Waals surface area (Å²) >= 11 is 7.63. The van der Waals surface area contributed by atoms with Gasteiger partial charge >= 0.3 is 0 Å². The fourth-order valence-electron chi connectivity index (χ4n) is 5.07. The maximum atomic E-state index is 3.85. The Labute approximate surface area is 142 Å². The second kappa shape index (κ2) is 7.49. The van der Waals surface area contributed by atoms with Crippen LogP contribution in [0.3, 0.4) is 0 Å². The van der Waals surface area contributed by atoms with Gasteiger partial charge in [0.05, 0.1) is 0 Å². The second-order valence-electron chi connectivity index (χ2n) is 7.80. The van der Waals surface area contributed by atoms with Crippen LogP contribution in [0.5, 0.6) is 0 Å². The van der Waals surface area contributed by atoms with E-state index in [0.29, 0.717) is 0 Å². The first kappa shape index (κ1) is 15.8. The SMILES string of the molecule is BrC1CCC(CCC2CCC3CC(Br)CCC3C2)CC1. The largest absolute Gasteiger partial charge is 0.0891 e. The summed E-state index contributed by atoms with van der Waals surface area (Å²) in [6.45, 7) is 0. The number of fused-ring (bicyclic) bond motifs is 1. The van der Waals surface area contributed by atoms with E-state index in [-0.39, 0.29) is 0 Å². The molecule has 0 amide bonds. The lowest BCUT2D eigenvalue weighted by molar-refractivity contribution is 0.124. The van der Waals surface area contributed by atoms with E-state index in [1.54, 1.807) is 12.8 Å².